The second-order valence-corrected chi connectivity index (χ2v) is 5.21. The first-order chi connectivity index (χ1) is 11.0. The number of hydrogen-bond acceptors (Lipinski definition) is 3. The van der Waals surface area contributed by atoms with Crippen molar-refractivity contribution in [2.75, 3.05) is 5.32 Å². The minimum atomic E-state index is -0.239. The lowest BCUT2D eigenvalue weighted by Gasteiger charge is -2.06. The summed E-state index contributed by atoms with van der Waals surface area (Å²) in [5.74, 6) is -0.356. The number of hydrogen-bond donors (Lipinski definition) is 2. The van der Waals surface area contributed by atoms with Gasteiger partial charge in [-0.1, -0.05) is 30.3 Å². The van der Waals surface area contributed by atoms with Gasteiger partial charge in [0.25, 0.3) is 5.91 Å². The number of amides is 2. The molecule has 118 valence electrons. The van der Waals surface area contributed by atoms with E-state index in [1.807, 2.05) is 44.2 Å². The van der Waals surface area contributed by atoms with Gasteiger partial charge in [-0.2, -0.15) is 5.10 Å². The molecule has 2 rings (SSSR count). The predicted octanol–water partition coefficient (Wildman–Crippen LogP) is 3.11. The first-order valence-electron chi connectivity index (χ1n) is 7.25. The molecule has 0 heterocycles. The van der Waals surface area contributed by atoms with E-state index < -0.39 is 0 Å². The molecule has 5 heteroatoms. The average Bonchev–Trinajstić information content (AvgIpc) is 2.53. The Morgan fingerprint density at radius 1 is 0.957 bits per heavy atom. The second kappa shape index (κ2) is 7.35. The molecule has 23 heavy (non-hydrogen) atoms. The highest BCUT2D eigenvalue weighted by Crippen LogP contribution is 2.11. The Bertz CT molecular complexity index is 749. The van der Waals surface area contributed by atoms with Gasteiger partial charge in [0.1, 0.15) is 0 Å². The minimum Gasteiger partial charge on any atom is -0.326 e. The zero-order valence-electron chi connectivity index (χ0n) is 13.4. The van der Waals surface area contributed by atoms with Crippen molar-refractivity contribution in [3.8, 4) is 0 Å². The Balaban J connectivity index is 2.06. The van der Waals surface area contributed by atoms with Gasteiger partial charge in [0, 0.05) is 18.2 Å². The third-order valence-corrected chi connectivity index (χ3v) is 3.34. The fourth-order valence-electron chi connectivity index (χ4n) is 2.09. The van der Waals surface area contributed by atoms with Crippen LogP contribution in [0.15, 0.2) is 53.6 Å². The summed E-state index contributed by atoms with van der Waals surface area (Å²) >= 11 is 0. The molecule has 0 bridgehead atoms. The molecule has 0 radical (unpaired) electrons. The summed E-state index contributed by atoms with van der Waals surface area (Å²) in [4.78, 5) is 23.1. The van der Waals surface area contributed by atoms with E-state index in [-0.39, 0.29) is 11.8 Å². The predicted molar refractivity (Wildman–Crippen MR) is 91.6 cm³/mol. The van der Waals surface area contributed by atoms with Gasteiger partial charge in [-0.05, 0) is 43.2 Å². The fraction of sp³-hybridized carbons (Fsp3) is 0.167. The van der Waals surface area contributed by atoms with Gasteiger partial charge in [-0.3, -0.25) is 9.59 Å². The highest BCUT2D eigenvalue weighted by molar-refractivity contribution is 6.01. The van der Waals surface area contributed by atoms with Crippen LogP contribution in [0.4, 0.5) is 5.69 Å². The number of rotatable bonds is 4. The first kappa shape index (κ1) is 16.4. The lowest BCUT2D eigenvalue weighted by atomic mass is 10.1. The van der Waals surface area contributed by atoms with Crippen LogP contribution < -0.4 is 10.7 Å². The molecule has 0 saturated carbocycles. The molecular formula is C18H19N3O2. The summed E-state index contributed by atoms with van der Waals surface area (Å²) in [6.07, 6.45) is 0. The summed E-state index contributed by atoms with van der Waals surface area (Å²) in [6.45, 7) is 5.15. The number of nitrogens with zero attached hydrogens (tertiary/aromatic N) is 1. The lowest BCUT2D eigenvalue weighted by Crippen LogP contribution is -2.20. The molecule has 0 aromatic heterocycles. The monoisotopic (exact) mass is 309 g/mol. The van der Waals surface area contributed by atoms with Crippen molar-refractivity contribution in [3.05, 3.63) is 65.2 Å². The number of carbonyl (C=O) groups excluding carboxylic acids is 2. The first-order valence-corrected chi connectivity index (χ1v) is 7.25. The van der Waals surface area contributed by atoms with E-state index in [0.717, 1.165) is 16.8 Å². The summed E-state index contributed by atoms with van der Waals surface area (Å²) in [7, 11) is 0. The van der Waals surface area contributed by atoms with Crippen molar-refractivity contribution < 1.29 is 9.59 Å². The van der Waals surface area contributed by atoms with E-state index in [1.165, 1.54) is 6.92 Å². The van der Waals surface area contributed by atoms with Crippen LogP contribution in [0.25, 0.3) is 0 Å². The van der Waals surface area contributed by atoms with Gasteiger partial charge < -0.3 is 5.32 Å². The number of anilines is 1. The summed E-state index contributed by atoms with van der Waals surface area (Å²) in [5.41, 5.74) is 6.33. The van der Waals surface area contributed by atoms with Gasteiger partial charge in [0.05, 0.1) is 5.71 Å². The van der Waals surface area contributed by atoms with Gasteiger partial charge in [-0.25, -0.2) is 5.43 Å². The number of benzene rings is 2. The molecule has 2 amide bonds. The molecule has 0 atom stereocenters. The largest absolute Gasteiger partial charge is 0.326 e. The number of hydrazone groups is 1. The Kier molecular flexibility index (Phi) is 5.25. The maximum atomic E-state index is 12.1. The maximum Gasteiger partial charge on any atom is 0.271 e. The van der Waals surface area contributed by atoms with Gasteiger partial charge in [0.15, 0.2) is 0 Å². The minimum absolute atomic E-state index is 0.117. The summed E-state index contributed by atoms with van der Waals surface area (Å²) in [6, 6.07) is 14.6. The van der Waals surface area contributed by atoms with E-state index in [0.29, 0.717) is 11.3 Å². The van der Waals surface area contributed by atoms with Crippen LogP contribution in [0.2, 0.25) is 0 Å². The normalized spacial score (nSPS) is 11.0. The molecule has 0 saturated heterocycles. The maximum absolute atomic E-state index is 12.1. The Morgan fingerprint density at radius 3 is 2.22 bits per heavy atom. The molecule has 0 spiro atoms. The summed E-state index contributed by atoms with van der Waals surface area (Å²) < 4.78 is 0. The molecule has 5 nitrogen and oxygen atoms in total. The lowest BCUT2D eigenvalue weighted by molar-refractivity contribution is -0.114. The third-order valence-electron chi connectivity index (χ3n) is 3.34. The number of nitrogens with one attached hydrogen (secondary N) is 2. The highest BCUT2D eigenvalue weighted by atomic mass is 16.2. The van der Waals surface area contributed by atoms with E-state index in [4.69, 9.17) is 0 Å². The quantitative estimate of drug-likeness (QED) is 0.673. The van der Waals surface area contributed by atoms with E-state index in [1.54, 1.807) is 18.2 Å². The second-order valence-electron chi connectivity index (χ2n) is 5.21. The molecule has 0 aliphatic carbocycles. The molecule has 0 aliphatic rings. The Morgan fingerprint density at radius 2 is 1.61 bits per heavy atom. The molecule has 0 fully saturated rings. The SMILES string of the molecule is CC(=O)Nc1ccc(/C(C)=N\NC(=O)c2ccccc2C)cc1. The van der Waals surface area contributed by atoms with Crippen molar-refractivity contribution >= 4 is 23.2 Å². The van der Waals surface area contributed by atoms with Crippen molar-refractivity contribution in [1.82, 2.24) is 5.43 Å². The molecule has 2 N–H and O–H groups in total. The van der Waals surface area contributed by atoms with Crippen LogP contribution in [0, 0.1) is 6.92 Å². The summed E-state index contributed by atoms with van der Waals surface area (Å²) in [5, 5.41) is 6.83. The van der Waals surface area contributed by atoms with E-state index >= 15 is 0 Å². The molecule has 0 unspecified atom stereocenters. The molecule has 2 aromatic rings. The van der Waals surface area contributed by atoms with Crippen LogP contribution in [-0.4, -0.2) is 17.5 Å². The van der Waals surface area contributed by atoms with Gasteiger partial charge >= 0.3 is 0 Å². The van der Waals surface area contributed by atoms with Crippen LogP contribution >= 0.6 is 0 Å². The van der Waals surface area contributed by atoms with Crippen molar-refractivity contribution in [1.29, 1.82) is 0 Å². The number of aryl methyl sites for hydroxylation is 1. The van der Waals surface area contributed by atoms with Crippen molar-refractivity contribution in [2.24, 2.45) is 5.10 Å². The topological polar surface area (TPSA) is 70.6 Å². The van der Waals surface area contributed by atoms with E-state index in [9.17, 15) is 9.59 Å². The van der Waals surface area contributed by atoms with Crippen molar-refractivity contribution in [2.45, 2.75) is 20.8 Å². The van der Waals surface area contributed by atoms with Crippen LogP contribution in [0.5, 0.6) is 0 Å². The Labute approximate surface area is 135 Å². The molecule has 2 aromatic carbocycles. The standard InChI is InChI=1S/C18H19N3O2/c1-12-6-4-5-7-17(12)18(23)21-20-13(2)15-8-10-16(11-9-15)19-14(3)22/h4-11H,1-3H3,(H,19,22)(H,21,23)/b20-13-. The van der Waals surface area contributed by atoms with Gasteiger partial charge in [0.2, 0.25) is 5.91 Å². The zero-order chi connectivity index (χ0) is 16.8. The molecule has 0 aliphatic heterocycles. The number of carbonyl (C=O) groups is 2. The van der Waals surface area contributed by atoms with Crippen LogP contribution in [-0.2, 0) is 4.79 Å². The fourth-order valence-corrected chi connectivity index (χ4v) is 2.09. The smallest absolute Gasteiger partial charge is 0.271 e. The molecular weight excluding hydrogens is 290 g/mol. The highest BCUT2D eigenvalue weighted by Gasteiger charge is 2.07. The average molecular weight is 309 g/mol. The van der Waals surface area contributed by atoms with Crippen LogP contribution in [0.3, 0.4) is 0 Å². The zero-order valence-corrected chi connectivity index (χ0v) is 13.4. The van der Waals surface area contributed by atoms with E-state index in [2.05, 4.69) is 15.8 Å². The van der Waals surface area contributed by atoms with Crippen LogP contribution in [0.1, 0.15) is 35.3 Å². The Hall–Kier alpha value is -2.95. The van der Waals surface area contributed by atoms with Gasteiger partial charge in [-0.15, -0.1) is 0 Å². The van der Waals surface area contributed by atoms with Crippen molar-refractivity contribution in [3.63, 3.8) is 0 Å². The third kappa shape index (κ3) is 4.51.